The Morgan fingerprint density at radius 3 is 2.56 bits per heavy atom. The van der Waals surface area contributed by atoms with Crippen molar-refractivity contribution in [2.24, 2.45) is 5.92 Å². The number of anilines is 3. The van der Waals surface area contributed by atoms with Gasteiger partial charge in [-0.3, -0.25) is 4.79 Å². The van der Waals surface area contributed by atoms with Crippen LogP contribution >= 0.6 is 0 Å². The van der Waals surface area contributed by atoms with Crippen molar-refractivity contribution in [1.29, 1.82) is 0 Å². The Hall–Kier alpha value is -2.83. The average molecular weight is 341 g/mol. The van der Waals surface area contributed by atoms with Crippen LogP contribution in [0.3, 0.4) is 0 Å². The lowest BCUT2D eigenvalue weighted by molar-refractivity contribution is -0.125. The van der Waals surface area contributed by atoms with Gasteiger partial charge in [-0.1, -0.05) is 0 Å². The first kappa shape index (κ1) is 17.0. The van der Waals surface area contributed by atoms with Crippen LogP contribution in [0.25, 0.3) is 0 Å². The molecule has 0 spiro atoms. The zero-order valence-electron chi connectivity index (χ0n) is 14.5. The van der Waals surface area contributed by atoms with Crippen LogP contribution in [0.4, 0.5) is 17.5 Å². The number of amides is 1. The first-order chi connectivity index (χ1) is 12.2. The quantitative estimate of drug-likeness (QED) is 0.868. The van der Waals surface area contributed by atoms with Gasteiger partial charge in [-0.2, -0.15) is 4.98 Å². The summed E-state index contributed by atoms with van der Waals surface area (Å²) in [6.45, 7) is 1.56. The summed E-state index contributed by atoms with van der Waals surface area (Å²) in [6.07, 6.45) is 3.39. The Bertz CT molecular complexity index is 712. The highest BCUT2D eigenvalue weighted by Crippen LogP contribution is 2.23. The van der Waals surface area contributed by atoms with Gasteiger partial charge in [0.25, 0.3) is 0 Å². The van der Waals surface area contributed by atoms with Crippen molar-refractivity contribution >= 4 is 23.4 Å². The van der Waals surface area contributed by atoms with Crippen LogP contribution in [0.5, 0.6) is 5.75 Å². The van der Waals surface area contributed by atoms with Crippen molar-refractivity contribution in [3.8, 4) is 5.75 Å². The molecule has 7 heteroatoms. The molecule has 1 aromatic heterocycles. The number of aromatic nitrogens is 2. The number of methoxy groups -OCH3 is 1. The molecule has 0 saturated carbocycles. The molecule has 1 aliphatic heterocycles. The van der Waals surface area contributed by atoms with Gasteiger partial charge in [0, 0.05) is 37.9 Å². The van der Waals surface area contributed by atoms with E-state index in [-0.39, 0.29) is 11.8 Å². The molecule has 2 aromatic rings. The molecule has 0 aliphatic carbocycles. The van der Waals surface area contributed by atoms with Gasteiger partial charge in [0.05, 0.1) is 7.11 Å². The van der Waals surface area contributed by atoms with E-state index in [1.165, 1.54) is 0 Å². The fourth-order valence-electron chi connectivity index (χ4n) is 2.94. The number of rotatable bonds is 5. The molecule has 0 radical (unpaired) electrons. The highest BCUT2D eigenvalue weighted by molar-refractivity contribution is 5.78. The molecule has 132 valence electrons. The number of benzene rings is 1. The van der Waals surface area contributed by atoms with Crippen LogP contribution in [0, 0.1) is 5.92 Å². The lowest BCUT2D eigenvalue weighted by Crippen LogP contribution is -2.40. The number of carbonyl (C=O) groups is 1. The second-order valence-electron chi connectivity index (χ2n) is 5.97. The smallest absolute Gasteiger partial charge is 0.227 e. The normalized spacial score (nSPS) is 14.9. The zero-order valence-corrected chi connectivity index (χ0v) is 14.5. The third-order valence-electron chi connectivity index (χ3n) is 4.40. The molecule has 1 fully saturated rings. The van der Waals surface area contributed by atoms with Gasteiger partial charge in [0.15, 0.2) is 0 Å². The first-order valence-corrected chi connectivity index (χ1v) is 8.40. The third kappa shape index (κ3) is 4.17. The fourth-order valence-corrected chi connectivity index (χ4v) is 2.94. The predicted molar refractivity (Wildman–Crippen MR) is 97.3 cm³/mol. The molecule has 1 aromatic carbocycles. The van der Waals surface area contributed by atoms with E-state index in [2.05, 4.69) is 25.5 Å². The van der Waals surface area contributed by atoms with Crippen molar-refractivity contribution in [3.63, 3.8) is 0 Å². The van der Waals surface area contributed by atoms with Gasteiger partial charge in [0.2, 0.25) is 11.9 Å². The van der Waals surface area contributed by atoms with E-state index in [0.717, 1.165) is 43.2 Å². The molecule has 3 rings (SSSR count). The van der Waals surface area contributed by atoms with Crippen molar-refractivity contribution in [2.75, 3.05) is 37.5 Å². The summed E-state index contributed by atoms with van der Waals surface area (Å²) in [6, 6.07) is 9.51. The van der Waals surface area contributed by atoms with Crippen molar-refractivity contribution in [2.45, 2.75) is 12.8 Å². The van der Waals surface area contributed by atoms with Crippen LogP contribution in [0.2, 0.25) is 0 Å². The van der Waals surface area contributed by atoms with Crippen molar-refractivity contribution in [1.82, 2.24) is 15.3 Å². The minimum atomic E-state index is 0.0851. The lowest BCUT2D eigenvalue weighted by Gasteiger charge is -2.31. The third-order valence-corrected chi connectivity index (χ3v) is 4.40. The highest BCUT2D eigenvalue weighted by atomic mass is 16.5. The van der Waals surface area contributed by atoms with Crippen LogP contribution in [0.15, 0.2) is 36.5 Å². The fraction of sp³-hybridized carbons (Fsp3) is 0.389. The topological polar surface area (TPSA) is 79.4 Å². The summed E-state index contributed by atoms with van der Waals surface area (Å²) < 4.78 is 5.16. The SMILES string of the molecule is CNC(=O)C1CCN(c2nccc(Nc3ccc(OC)cc3)n2)CC1. The Labute approximate surface area is 147 Å². The van der Waals surface area contributed by atoms with Crippen molar-refractivity contribution < 1.29 is 9.53 Å². The summed E-state index contributed by atoms with van der Waals surface area (Å²) in [5, 5.41) is 6.00. The molecule has 0 unspecified atom stereocenters. The summed E-state index contributed by atoms with van der Waals surface area (Å²) in [5.74, 6) is 2.45. The standard InChI is InChI=1S/C18H23N5O2/c1-19-17(24)13-8-11-23(12-9-13)18-20-10-7-16(22-18)21-14-3-5-15(25-2)6-4-14/h3-7,10,13H,8-9,11-12H2,1-2H3,(H,19,24)(H,20,21,22). The molecule has 2 N–H and O–H groups in total. The van der Waals surface area contributed by atoms with E-state index >= 15 is 0 Å². The summed E-state index contributed by atoms with van der Waals surface area (Å²) in [7, 11) is 3.33. The molecule has 0 atom stereocenters. The van der Waals surface area contributed by atoms with Gasteiger partial charge in [-0.15, -0.1) is 0 Å². The van der Waals surface area contributed by atoms with Gasteiger partial charge in [-0.05, 0) is 43.2 Å². The van der Waals surface area contributed by atoms with Crippen LogP contribution in [-0.2, 0) is 4.79 Å². The first-order valence-electron chi connectivity index (χ1n) is 8.40. The summed E-state index contributed by atoms with van der Waals surface area (Å²) in [4.78, 5) is 22.8. The van der Waals surface area contributed by atoms with Gasteiger partial charge in [0.1, 0.15) is 11.6 Å². The van der Waals surface area contributed by atoms with E-state index in [0.29, 0.717) is 5.95 Å². The van der Waals surface area contributed by atoms with Gasteiger partial charge >= 0.3 is 0 Å². The molecule has 7 nitrogen and oxygen atoms in total. The lowest BCUT2D eigenvalue weighted by atomic mass is 9.96. The predicted octanol–water partition coefficient (Wildman–Crippen LogP) is 2.19. The van der Waals surface area contributed by atoms with Crippen LogP contribution in [-0.4, -0.2) is 43.1 Å². The Kier molecular flexibility index (Phi) is 5.33. The van der Waals surface area contributed by atoms with E-state index in [1.54, 1.807) is 20.4 Å². The number of piperidine rings is 1. The Balaban J connectivity index is 1.64. The second-order valence-corrected chi connectivity index (χ2v) is 5.97. The number of hydrogen-bond acceptors (Lipinski definition) is 6. The number of ether oxygens (including phenoxy) is 1. The van der Waals surface area contributed by atoms with Gasteiger partial charge in [-0.25, -0.2) is 4.98 Å². The molecule has 1 aliphatic rings. The molecule has 2 heterocycles. The second kappa shape index (κ2) is 7.83. The number of nitrogens with one attached hydrogen (secondary N) is 2. The number of nitrogens with zero attached hydrogens (tertiary/aromatic N) is 3. The molecule has 0 bridgehead atoms. The maximum Gasteiger partial charge on any atom is 0.227 e. The van der Waals surface area contributed by atoms with E-state index in [4.69, 9.17) is 4.74 Å². The number of carbonyl (C=O) groups excluding carboxylic acids is 1. The molecular formula is C18H23N5O2. The Morgan fingerprint density at radius 2 is 1.92 bits per heavy atom. The maximum absolute atomic E-state index is 11.7. The van der Waals surface area contributed by atoms with E-state index < -0.39 is 0 Å². The van der Waals surface area contributed by atoms with E-state index in [1.807, 2.05) is 30.3 Å². The monoisotopic (exact) mass is 341 g/mol. The average Bonchev–Trinajstić information content (AvgIpc) is 2.68. The van der Waals surface area contributed by atoms with Crippen LogP contribution < -0.4 is 20.3 Å². The summed E-state index contributed by atoms with van der Waals surface area (Å²) in [5.41, 5.74) is 0.934. The summed E-state index contributed by atoms with van der Waals surface area (Å²) >= 11 is 0. The molecular weight excluding hydrogens is 318 g/mol. The largest absolute Gasteiger partial charge is 0.497 e. The zero-order chi connectivity index (χ0) is 17.6. The van der Waals surface area contributed by atoms with E-state index in [9.17, 15) is 4.79 Å². The van der Waals surface area contributed by atoms with Crippen molar-refractivity contribution in [3.05, 3.63) is 36.5 Å². The molecule has 1 saturated heterocycles. The molecule has 25 heavy (non-hydrogen) atoms. The number of hydrogen-bond donors (Lipinski definition) is 2. The molecule has 1 amide bonds. The minimum absolute atomic E-state index is 0.0851. The maximum atomic E-state index is 11.7. The van der Waals surface area contributed by atoms with Crippen LogP contribution in [0.1, 0.15) is 12.8 Å². The minimum Gasteiger partial charge on any atom is -0.497 e. The van der Waals surface area contributed by atoms with Gasteiger partial charge < -0.3 is 20.3 Å². The highest BCUT2D eigenvalue weighted by Gasteiger charge is 2.25. The Morgan fingerprint density at radius 1 is 1.20 bits per heavy atom.